The molecule has 2 rings (SSSR count). The van der Waals surface area contributed by atoms with Gasteiger partial charge >= 0.3 is 0 Å². The van der Waals surface area contributed by atoms with E-state index in [9.17, 15) is 4.79 Å². The highest BCUT2D eigenvalue weighted by Gasteiger charge is 2.07. The Hall–Kier alpha value is -2.17. The minimum atomic E-state index is -0.154. The number of hydrogen-bond acceptors (Lipinski definition) is 4. The Balaban J connectivity index is 2.32. The summed E-state index contributed by atoms with van der Waals surface area (Å²) in [4.78, 5) is 22.6. The maximum absolute atomic E-state index is 11.7. The number of nitrogens with two attached hydrogens (primary N) is 1. The minimum absolute atomic E-state index is 0.154. The molecule has 0 radical (unpaired) electrons. The number of nitrogens with one attached hydrogen (secondary N) is 1. The summed E-state index contributed by atoms with van der Waals surface area (Å²) in [6, 6.07) is 3.77. The largest absolute Gasteiger partial charge is 0.383 e. The maximum atomic E-state index is 11.7. The zero-order chi connectivity index (χ0) is 12.3. The highest BCUT2D eigenvalue weighted by Crippen LogP contribution is 2.07. The van der Waals surface area contributed by atoms with E-state index in [1.165, 1.54) is 0 Å². The number of H-pyrrole nitrogens is 1. The van der Waals surface area contributed by atoms with Crippen molar-refractivity contribution in [2.24, 2.45) is 0 Å². The Labute approximate surface area is 98.7 Å². The van der Waals surface area contributed by atoms with Crippen molar-refractivity contribution in [3.63, 3.8) is 0 Å². The van der Waals surface area contributed by atoms with Gasteiger partial charge in [-0.3, -0.25) is 9.78 Å². The van der Waals surface area contributed by atoms with Gasteiger partial charge in [0.1, 0.15) is 11.6 Å². The van der Waals surface area contributed by atoms with Crippen LogP contribution in [-0.4, -0.2) is 15.0 Å². The molecule has 0 fully saturated rings. The lowest BCUT2D eigenvalue weighted by molar-refractivity contribution is 0.913. The number of hydrogen-bond donors (Lipinski definition) is 2. The summed E-state index contributed by atoms with van der Waals surface area (Å²) in [6.45, 7) is 1.88. The lowest BCUT2D eigenvalue weighted by atomic mass is 10.2. The van der Waals surface area contributed by atoms with Crippen molar-refractivity contribution in [2.75, 3.05) is 5.73 Å². The summed E-state index contributed by atoms with van der Waals surface area (Å²) in [5.74, 6) is 0.882. The number of pyridine rings is 1. The van der Waals surface area contributed by atoms with Crippen LogP contribution in [0.15, 0.2) is 29.3 Å². The molecule has 5 nitrogen and oxygen atoms in total. The quantitative estimate of drug-likeness (QED) is 0.820. The van der Waals surface area contributed by atoms with Crippen LogP contribution in [0.25, 0.3) is 0 Å². The van der Waals surface area contributed by atoms with Crippen molar-refractivity contribution in [3.8, 4) is 0 Å². The maximum Gasteiger partial charge on any atom is 0.256 e. The molecular formula is C12H14N4O. The van der Waals surface area contributed by atoms with Crippen molar-refractivity contribution in [2.45, 2.75) is 19.8 Å². The van der Waals surface area contributed by atoms with Crippen LogP contribution in [-0.2, 0) is 12.8 Å². The standard InChI is InChI=1S/C12H14N4O/c1-2-9-11(13)15-10(16-12(9)17)6-8-4-3-5-14-7-8/h3-5,7H,2,6H2,1H3,(H3,13,15,16,17). The molecule has 0 unspecified atom stereocenters. The molecule has 5 heteroatoms. The molecule has 0 spiro atoms. The van der Waals surface area contributed by atoms with E-state index >= 15 is 0 Å². The molecular weight excluding hydrogens is 216 g/mol. The van der Waals surface area contributed by atoms with Gasteiger partial charge in [0, 0.05) is 18.8 Å². The summed E-state index contributed by atoms with van der Waals surface area (Å²) < 4.78 is 0. The zero-order valence-electron chi connectivity index (χ0n) is 9.60. The fourth-order valence-electron chi connectivity index (χ4n) is 1.69. The van der Waals surface area contributed by atoms with E-state index in [2.05, 4.69) is 15.0 Å². The molecule has 0 bridgehead atoms. The molecule has 0 saturated heterocycles. The van der Waals surface area contributed by atoms with Crippen molar-refractivity contribution >= 4 is 5.82 Å². The third-order valence-electron chi connectivity index (χ3n) is 2.54. The summed E-state index contributed by atoms with van der Waals surface area (Å²) in [5, 5.41) is 0. The molecule has 2 aromatic heterocycles. The molecule has 0 saturated carbocycles. The molecule has 0 amide bonds. The number of aromatic amines is 1. The average molecular weight is 230 g/mol. The lowest BCUT2D eigenvalue weighted by Gasteiger charge is -2.05. The summed E-state index contributed by atoms with van der Waals surface area (Å²) in [5.41, 5.74) is 7.11. The van der Waals surface area contributed by atoms with Crippen LogP contribution in [0.5, 0.6) is 0 Å². The molecule has 88 valence electrons. The highest BCUT2D eigenvalue weighted by atomic mass is 16.1. The van der Waals surface area contributed by atoms with E-state index in [0.717, 1.165) is 5.56 Å². The van der Waals surface area contributed by atoms with Crippen LogP contribution < -0.4 is 11.3 Å². The first-order valence-electron chi connectivity index (χ1n) is 5.47. The minimum Gasteiger partial charge on any atom is -0.383 e. The van der Waals surface area contributed by atoms with Crippen LogP contribution >= 0.6 is 0 Å². The van der Waals surface area contributed by atoms with Gasteiger partial charge in [-0.25, -0.2) is 4.98 Å². The van der Waals surface area contributed by atoms with Crippen LogP contribution in [0.4, 0.5) is 5.82 Å². The molecule has 3 N–H and O–H groups in total. The molecule has 17 heavy (non-hydrogen) atoms. The molecule has 2 aromatic rings. The lowest BCUT2D eigenvalue weighted by Crippen LogP contribution is -2.19. The van der Waals surface area contributed by atoms with Crippen molar-refractivity contribution in [1.82, 2.24) is 15.0 Å². The van der Waals surface area contributed by atoms with Gasteiger partial charge < -0.3 is 10.7 Å². The van der Waals surface area contributed by atoms with Gasteiger partial charge in [0.25, 0.3) is 5.56 Å². The average Bonchev–Trinajstić information content (AvgIpc) is 2.30. The second kappa shape index (κ2) is 4.78. The van der Waals surface area contributed by atoms with E-state index in [4.69, 9.17) is 5.73 Å². The smallest absolute Gasteiger partial charge is 0.256 e. The molecule has 0 atom stereocenters. The van der Waals surface area contributed by atoms with Gasteiger partial charge in [-0.15, -0.1) is 0 Å². The molecule has 0 aliphatic carbocycles. The summed E-state index contributed by atoms with van der Waals surface area (Å²) >= 11 is 0. The fraction of sp³-hybridized carbons (Fsp3) is 0.250. The number of nitrogens with zero attached hydrogens (tertiary/aromatic N) is 2. The summed E-state index contributed by atoms with van der Waals surface area (Å²) in [6.07, 6.45) is 4.55. The second-order valence-electron chi connectivity index (χ2n) is 3.77. The Bertz CT molecular complexity index is 562. The SMILES string of the molecule is CCc1c(N)nc(Cc2cccnc2)[nH]c1=O. The fourth-order valence-corrected chi connectivity index (χ4v) is 1.69. The number of nitrogen functional groups attached to an aromatic ring is 1. The number of aromatic nitrogens is 3. The zero-order valence-corrected chi connectivity index (χ0v) is 9.60. The van der Waals surface area contributed by atoms with E-state index in [-0.39, 0.29) is 5.56 Å². The third-order valence-corrected chi connectivity index (χ3v) is 2.54. The van der Waals surface area contributed by atoms with E-state index < -0.39 is 0 Å². The Kier molecular flexibility index (Phi) is 3.18. The van der Waals surface area contributed by atoms with E-state index in [0.29, 0.717) is 30.0 Å². The predicted molar refractivity (Wildman–Crippen MR) is 65.7 cm³/mol. The van der Waals surface area contributed by atoms with Crippen molar-refractivity contribution in [1.29, 1.82) is 0 Å². The van der Waals surface area contributed by atoms with Crippen LogP contribution in [0.1, 0.15) is 23.9 Å². The molecule has 0 aromatic carbocycles. The van der Waals surface area contributed by atoms with Gasteiger partial charge in [0.2, 0.25) is 0 Å². The normalized spacial score (nSPS) is 10.4. The van der Waals surface area contributed by atoms with Crippen molar-refractivity contribution in [3.05, 3.63) is 51.8 Å². The summed E-state index contributed by atoms with van der Waals surface area (Å²) in [7, 11) is 0. The van der Waals surface area contributed by atoms with E-state index in [1.54, 1.807) is 12.4 Å². The highest BCUT2D eigenvalue weighted by molar-refractivity contribution is 5.37. The van der Waals surface area contributed by atoms with Gasteiger partial charge in [0.15, 0.2) is 0 Å². The molecule has 2 heterocycles. The number of anilines is 1. The van der Waals surface area contributed by atoms with Gasteiger partial charge in [-0.1, -0.05) is 13.0 Å². The van der Waals surface area contributed by atoms with Crippen LogP contribution in [0.2, 0.25) is 0 Å². The second-order valence-corrected chi connectivity index (χ2v) is 3.77. The third kappa shape index (κ3) is 2.50. The van der Waals surface area contributed by atoms with Crippen molar-refractivity contribution < 1.29 is 0 Å². The Morgan fingerprint density at radius 3 is 2.88 bits per heavy atom. The predicted octanol–water partition coefficient (Wildman–Crippen LogP) is 0.900. The Morgan fingerprint density at radius 2 is 2.29 bits per heavy atom. The monoisotopic (exact) mass is 230 g/mol. The first-order valence-corrected chi connectivity index (χ1v) is 5.47. The van der Waals surface area contributed by atoms with Crippen LogP contribution in [0, 0.1) is 0 Å². The Morgan fingerprint density at radius 1 is 1.47 bits per heavy atom. The van der Waals surface area contributed by atoms with E-state index in [1.807, 2.05) is 19.1 Å². The number of rotatable bonds is 3. The molecule has 0 aliphatic rings. The van der Waals surface area contributed by atoms with Gasteiger partial charge in [0.05, 0.1) is 5.56 Å². The van der Waals surface area contributed by atoms with Gasteiger partial charge in [-0.05, 0) is 18.1 Å². The first kappa shape index (κ1) is 11.3. The first-order chi connectivity index (χ1) is 8.20. The van der Waals surface area contributed by atoms with Gasteiger partial charge in [-0.2, -0.15) is 0 Å². The molecule has 0 aliphatic heterocycles. The topological polar surface area (TPSA) is 84.7 Å². The van der Waals surface area contributed by atoms with Crippen LogP contribution in [0.3, 0.4) is 0 Å².